The number of aromatic nitrogens is 2. The molecule has 20 heavy (non-hydrogen) atoms. The maximum Gasteiger partial charge on any atom is 0.138 e. The molecule has 5 nitrogen and oxygen atoms in total. The van der Waals surface area contributed by atoms with Gasteiger partial charge in [0.1, 0.15) is 22.7 Å². The Bertz CT molecular complexity index is 694. The van der Waals surface area contributed by atoms with E-state index < -0.39 is 0 Å². The first-order valence-electron chi connectivity index (χ1n) is 6.40. The predicted octanol–water partition coefficient (Wildman–Crippen LogP) is 3.13. The van der Waals surface area contributed by atoms with Gasteiger partial charge >= 0.3 is 0 Å². The van der Waals surface area contributed by atoms with Crippen LogP contribution in [0.15, 0.2) is 35.2 Å². The molecule has 0 spiro atoms. The van der Waals surface area contributed by atoms with Gasteiger partial charge in [-0.15, -0.1) is 11.3 Å². The summed E-state index contributed by atoms with van der Waals surface area (Å²) in [5.41, 5.74) is 0. The van der Waals surface area contributed by atoms with Gasteiger partial charge < -0.3 is 14.8 Å². The van der Waals surface area contributed by atoms with Crippen molar-refractivity contribution in [3.8, 4) is 0 Å². The van der Waals surface area contributed by atoms with E-state index in [9.17, 15) is 5.11 Å². The standard InChI is InChI=1S/C14H15N3O2S/c1-9-7-10-13(15-8-16-14(10)20-9)17-11(4-5-18)12-3-2-6-19-12/h2-3,6-8,11,18H,4-5H2,1H3,(H,15,16,17). The van der Waals surface area contributed by atoms with Crippen LogP contribution in [0.25, 0.3) is 10.2 Å². The molecule has 0 amide bonds. The number of hydrogen-bond donors (Lipinski definition) is 2. The van der Waals surface area contributed by atoms with E-state index in [0.29, 0.717) is 6.42 Å². The van der Waals surface area contributed by atoms with Crippen molar-refractivity contribution in [2.75, 3.05) is 11.9 Å². The summed E-state index contributed by atoms with van der Waals surface area (Å²) in [5, 5.41) is 13.6. The van der Waals surface area contributed by atoms with E-state index in [1.807, 2.05) is 19.1 Å². The summed E-state index contributed by atoms with van der Waals surface area (Å²) >= 11 is 1.64. The molecular weight excluding hydrogens is 274 g/mol. The van der Waals surface area contributed by atoms with Gasteiger partial charge in [0.05, 0.1) is 17.7 Å². The summed E-state index contributed by atoms with van der Waals surface area (Å²) in [5.74, 6) is 1.56. The van der Waals surface area contributed by atoms with Gasteiger partial charge in [0.25, 0.3) is 0 Å². The second-order valence-corrected chi connectivity index (χ2v) is 5.76. The molecule has 0 saturated carbocycles. The molecule has 104 valence electrons. The smallest absolute Gasteiger partial charge is 0.138 e. The van der Waals surface area contributed by atoms with E-state index in [2.05, 4.69) is 21.4 Å². The zero-order valence-corrected chi connectivity index (χ0v) is 11.9. The number of aliphatic hydroxyl groups is 1. The molecule has 1 atom stereocenters. The Morgan fingerprint density at radius 2 is 2.35 bits per heavy atom. The Kier molecular flexibility index (Phi) is 3.66. The third-order valence-electron chi connectivity index (χ3n) is 3.07. The molecule has 0 aliphatic rings. The number of fused-ring (bicyclic) bond motifs is 1. The molecule has 3 heterocycles. The van der Waals surface area contributed by atoms with Crippen LogP contribution < -0.4 is 5.32 Å². The minimum Gasteiger partial charge on any atom is -0.467 e. The molecule has 0 bridgehead atoms. The highest BCUT2D eigenvalue weighted by molar-refractivity contribution is 7.18. The van der Waals surface area contributed by atoms with Crippen LogP contribution in [-0.2, 0) is 0 Å². The van der Waals surface area contributed by atoms with Gasteiger partial charge in [-0.3, -0.25) is 0 Å². The first-order valence-corrected chi connectivity index (χ1v) is 7.21. The molecule has 3 rings (SSSR count). The number of aryl methyl sites for hydroxylation is 1. The quantitative estimate of drug-likeness (QED) is 0.755. The lowest BCUT2D eigenvalue weighted by atomic mass is 10.1. The van der Waals surface area contributed by atoms with Gasteiger partial charge in [-0.1, -0.05) is 0 Å². The van der Waals surface area contributed by atoms with E-state index in [0.717, 1.165) is 21.8 Å². The number of nitrogens with zero attached hydrogens (tertiary/aromatic N) is 2. The number of nitrogens with one attached hydrogen (secondary N) is 1. The summed E-state index contributed by atoms with van der Waals surface area (Å²) in [4.78, 5) is 10.7. The second kappa shape index (κ2) is 5.60. The minimum absolute atomic E-state index is 0.0786. The molecule has 0 fully saturated rings. The molecule has 0 radical (unpaired) electrons. The van der Waals surface area contributed by atoms with Crippen LogP contribution in [0.1, 0.15) is 23.1 Å². The van der Waals surface area contributed by atoms with E-state index in [4.69, 9.17) is 4.42 Å². The molecule has 0 aliphatic heterocycles. The summed E-state index contributed by atoms with van der Waals surface area (Å²) in [6.45, 7) is 2.13. The SMILES string of the molecule is Cc1cc2c(NC(CCO)c3ccco3)ncnc2s1. The molecule has 0 saturated heterocycles. The fraction of sp³-hybridized carbons (Fsp3) is 0.286. The molecule has 0 aliphatic carbocycles. The zero-order chi connectivity index (χ0) is 13.9. The maximum absolute atomic E-state index is 9.22. The summed E-state index contributed by atoms with van der Waals surface area (Å²) < 4.78 is 5.42. The van der Waals surface area contributed by atoms with Crippen molar-refractivity contribution in [2.24, 2.45) is 0 Å². The molecule has 6 heteroatoms. The lowest BCUT2D eigenvalue weighted by molar-refractivity contribution is 0.273. The number of furan rings is 1. The maximum atomic E-state index is 9.22. The van der Waals surface area contributed by atoms with E-state index in [1.54, 1.807) is 23.9 Å². The average molecular weight is 289 g/mol. The van der Waals surface area contributed by atoms with Gasteiger partial charge in [0, 0.05) is 11.5 Å². The van der Waals surface area contributed by atoms with Crippen molar-refractivity contribution in [3.05, 3.63) is 41.4 Å². The normalized spacial score (nSPS) is 12.7. The number of thiophene rings is 1. The zero-order valence-electron chi connectivity index (χ0n) is 11.0. The molecular formula is C14H15N3O2S. The third-order valence-corrected chi connectivity index (χ3v) is 4.03. The van der Waals surface area contributed by atoms with Crippen molar-refractivity contribution >= 4 is 27.4 Å². The van der Waals surface area contributed by atoms with Crippen LogP contribution in [0, 0.1) is 6.92 Å². The van der Waals surface area contributed by atoms with Crippen molar-refractivity contribution in [2.45, 2.75) is 19.4 Å². The molecule has 3 aromatic rings. The number of anilines is 1. The van der Waals surface area contributed by atoms with Crippen LogP contribution in [0.4, 0.5) is 5.82 Å². The topological polar surface area (TPSA) is 71.2 Å². The van der Waals surface area contributed by atoms with Gasteiger partial charge in [-0.05, 0) is 31.5 Å². The summed E-state index contributed by atoms with van der Waals surface area (Å²) in [7, 11) is 0. The van der Waals surface area contributed by atoms with Crippen LogP contribution >= 0.6 is 11.3 Å². The van der Waals surface area contributed by atoms with Gasteiger partial charge in [-0.25, -0.2) is 9.97 Å². The molecule has 3 aromatic heterocycles. The average Bonchev–Trinajstić information content (AvgIpc) is 3.06. The van der Waals surface area contributed by atoms with Crippen LogP contribution in [0.2, 0.25) is 0 Å². The van der Waals surface area contributed by atoms with E-state index in [1.165, 1.54) is 4.88 Å². The fourth-order valence-electron chi connectivity index (χ4n) is 2.16. The van der Waals surface area contributed by atoms with Gasteiger partial charge in [0.2, 0.25) is 0 Å². The second-order valence-electron chi connectivity index (χ2n) is 4.52. The lowest BCUT2D eigenvalue weighted by Gasteiger charge is -2.16. The third kappa shape index (κ3) is 2.52. The Labute approximate surface area is 120 Å². The largest absolute Gasteiger partial charge is 0.467 e. The Morgan fingerprint density at radius 1 is 1.45 bits per heavy atom. The highest BCUT2D eigenvalue weighted by Crippen LogP contribution is 2.30. The van der Waals surface area contributed by atoms with Crippen molar-refractivity contribution < 1.29 is 9.52 Å². The first kappa shape index (κ1) is 13.1. The number of hydrogen-bond acceptors (Lipinski definition) is 6. The van der Waals surface area contributed by atoms with Crippen molar-refractivity contribution in [1.82, 2.24) is 9.97 Å². The first-order chi connectivity index (χ1) is 9.78. The molecule has 1 unspecified atom stereocenters. The summed E-state index contributed by atoms with van der Waals surface area (Å²) in [6.07, 6.45) is 3.74. The molecule has 2 N–H and O–H groups in total. The van der Waals surface area contributed by atoms with Gasteiger partial charge in [0.15, 0.2) is 0 Å². The fourth-order valence-corrected chi connectivity index (χ4v) is 3.01. The van der Waals surface area contributed by atoms with Gasteiger partial charge in [-0.2, -0.15) is 0 Å². The summed E-state index contributed by atoms with van der Waals surface area (Å²) in [6, 6.07) is 5.70. The molecule has 0 aromatic carbocycles. The van der Waals surface area contributed by atoms with Crippen LogP contribution in [0.5, 0.6) is 0 Å². The monoisotopic (exact) mass is 289 g/mol. The highest BCUT2D eigenvalue weighted by atomic mass is 32.1. The van der Waals surface area contributed by atoms with Crippen LogP contribution in [-0.4, -0.2) is 21.7 Å². The Hall–Kier alpha value is -1.92. The van der Waals surface area contributed by atoms with E-state index >= 15 is 0 Å². The van der Waals surface area contributed by atoms with Crippen molar-refractivity contribution in [3.63, 3.8) is 0 Å². The van der Waals surface area contributed by atoms with Crippen molar-refractivity contribution in [1.29, 1.82) is 0 Å². The highest BCUT2D eigenvalue weighted by Gasteiger charge is 2.16. The Morgan fingerprint density at radius 3 is 3.10 bits per heavy atom. The lowest BCUT2D eigenvalue weighted by Crippen LogP contribution is -2.13. The van der Waals surface area contributed by atoms with Crippen LogP contribution in [0.3, 0.4) is 0 Å². The number of aliphatic hydroxyl groups excluding tert-OH is 1. The minimum atomic E-state index is -0.103. The predicted molar refractivity (Wildman–Crippen MR) is 78.9 cm³/mol. The van der Waals surface area contributed by atoms with E-state index in [-0.39, 0.29) is 12.6 Å². The Balaban J connectivity index is 1.94. The number of rotatable bonds is 5.